The van der Waals surface area contributed by atoms with Gasteiger partial charge in [-0.05, 0) is 37.3 Å². The van der Waals surface area contributed by atoms with E-state index in [0.29, 0.717) is 29.9 Å². The summed E-state index contributed by atoms with van der Waals surface area (Å²) in [5.74, 6) is -1.19. The number of amides is 1. The summed E-state index contributed by atoms with van der Waals surface area (Å²) in [4.78, 5) is 29.9. The Morgan fingerprint density at radius 3 is 2.87 bits per heavy atom. The lowest BCUT2D eigenvalue weighted by Crippen LogP contribution is -2.50. The predicted octanol–water partition coefficient (Wildman–Crippen LogP) is 2.63. The van der Waals surface area contributed by atoms with Crippen LogP contribution in [0.3, 0.4) is 0 Å². The third-order valence-corrected chi connectivity index (χ3v) is 5.87. The summed E-state index contributed by atoms with van der Waals surface area (Å²) in [6.45, 7) is 2.17. The molecule has 3 heterocycles. The molecule has 1 aromatic rings. The Morgan fingerprint density at radius 2 is 2.16 bits per heavy atom. The molecule has 8 heteroatoms. The van der Waals surface area contributed by atoms with E-state index in [1.165, 1.54) is 11.9 Å². The minimum absolute atomic E-state index is 0.0741. The first-order valence-corrected chi connectivity index (χ1v) is 10.2. The lowest BCUT2D eigenvalue weighted by Gasteiger charge is -2.36. The molecule has 2 N–H and O–H groups in total. The topological polar surface area (TPSA) is 73.8 Å². The first kappa shape index (κ1) is 21.1. The number of rotatable bonds is 3. The van der Waals surface area contributed by atoms with E-state index in [1.54, 1.807) is 37.4 Å². The molecule has 3 aliphatic heterocycles. The Kier molecular flexibility index (Phi) is 5.82. The fourth-order valence-corrected chi connectivity index (χ4v) is 4.09. The fourth-order valence-electron chi connectivity index (χ4n) is 4.09. The molecule has 0 radical (unpaired) electrons. The van der Waals surface area contributed by atoms with Crippen LogP contribution in [0, 0.1) is 5.82 Å². The highest BCUT2D eigenvalue weighted by molar-refractivity contribution is 6.40. The first-order chi connectivity index (χ1) is 14.9. The molecule has 3 aliphatic rings. The maximum atomic E-state index is 15.7. The molecule has 0 bridgehead atoms. The monoisotopic (exact) mass is 426 g/mol. The summed E-state index contributed by atoms with van der Waals surface area (Å²) in [6, 6.07) is 2.30. The fraction of sp³-hybridized carbons (Fsp3) is 0.348. The Balaban J connectivity index is 1.71. The van der Waals surface area contributed by atoms with Gasteiger partial charge in [-0.1, -0.05) is 18.2 Å². The van der Waals surface area contributed by atoms with Gasteiger partial charge >= 0.3 is 0 Å². The highest BCUT2D eigenvalue weighted by atomic mass is 19.1. The van der Waals surface area contributed by atoms with E-state index in [9.17, 15) is 9.59 Å². The van der Waals surface area contributed by atoms with Gasteiger partial charge in [0.15, 0.2) is 12.1 Å². The van der Waals surface area contributed by atoms with Gasteiger partial charge in [-0.25, -0.2) is 13.8 Å². The van der Waals surface area contributed by atoms with Crippen LogP contribution in [0.2, 0.25) is 0 Å². The van der Waals surface area contributed by atoms with Gasteiger partial charge in [-0.3, -0.25) is 14.5 Å². The van der Waals surface area contributed by atoms with Crippen LogP contribution >= 0.6 is 0 Å². The van der Waals surface area contributed by atoms with Crippen molar-refractivity contribution < 1.29 is 18.4 Å². The van der Waals surface area contributed by atoms with Crippen molar-refractivity contribution in [3.63, 3.8) is 0 Å². The number of allylic oxidation sites excluding steroid dienone is 1. The van der Waals surface area contributed by atoms with Crippen molar-refractivity contribution in [3.05, 3.63) is 64.7 Å². The molecule has 162 valence electrons. The zero-order chi connectivity index (χ0) is 22.1. The highest BCUT2D eigenvalue weighted by Gasteiger charge is 2.36. The van der Waals surface area contributed by atoms with Gasteiger partial charge < -0.3 is 10.6 Å². The van der Waals surface area contributed by atoms with Crippen molar-refractivity contribution in [1.82, 2.24) is 15.5 Å². The number of carbonyl (C=O) groups excluding carboxylic acids is 2. The van der Waals surface area contributed by atoms with Crippen molar-refractivity contribution in [2.24, 2.45) is 4.99 Å². The minimum atomic E-state index is -1.58. The number of benzene rings is 1. The van der Waals surface area contributed by atoms with Gasteiger partial charge in [0.2, 0.25) is 5.91 Å². The van der Waals surface area contributed by atoms with Crippen molar-refractivity contribution in [2.75, 3.05) is 13.6 Å². The number of ketones is 1. The van der Waals surface area contributed by atoms with Crippen LogP contribution in [0.15, 0.2) is 52.7 Å². The number of carbonyl (C=O) groups is 2. The van der Waals surface area contributed by atoms with Gasteiger partial charge in [-0.15, -0.1) is 0 Å². The Hall–Kier alpha value is -3.13. The third-order valence-electron chi connectivity index (χ3n) is 5.87. The van der Waals surface area contributed by atoms with Gasteiger partial charge in [0.05, 0.1) is 11.4 Å². The van der Waals surface area contributed by atoms with E-state index in [0.717, 1.165) is 5.57 Å². The van der Waals surface area contributed by atoms with Gasteiger partial charge in [-0.2, -0.15) is 0 Å². The summed E-state index contributed by atoms with van der Waals surface area (Å²) in [5, 5.41) is 5.62. The first-order valence-electron chi connectivity index (χ1n) is 10.2. The minimum Gasteiger partial charge on any atom is -0.391 e. The molecule has 4 rings (SSSR count). The average molecular weight is 426 g/mol. The number of hydrogen-bond acceptors (Lipinski definition) is 5. The summed E-state index contributed by atoms with van der Waals surface area (Å²) in [6.07, 6.45) is 5.87. The van der Waals surface area contributed by atoms with E-state index < -0.39 is 18.2 Å². The van der Waals surface area contributed by atoms with E-state index in [4.69, 9.17) is 0 Å². The van der Waals surface area contributed by atoms with Crippen LogP contribution in [-0.2, 0) is 22.6 Å². The van der Waals surface area contributed by atoms with Gasteiger partial charge in [0.25, 0.3) is 0 Å². The van der Waals surface area contributed by atoms with E-state index in [-0.39, 0.29) is 35.8 Å². The number of fused-ring (bicyclic) bond motifs is 1. The second kappa shape index (κ2) is 8.55. The maximum Gasteiger partial charge on any atom is 0.241 e. The lowest BCUT2D eigenvalue weighted by atomic mass is 9.94. The van der Waals surface area contributed by atoms with Crippen molar-refractivity contribution >= 4 is 23.1 Å². The molecular weight excluding hydrogens is 402 g/mol. The van der Waals surface area contributed by atoms with Crippen LogP contribution in [0.5, 0.6) is 0 Å². The molecule has 1 aromatic carbocycles. The van der Waals surface area contributed by atoms with Crippen LogP contribution in [-0.4, -0.2) is 48.2 Å². The third kappa shape index (κ3) is 3.95. The van der Waals surface area contributed by atoms with Crippen molar-refractivity contribution in [1.29, 1.82) is 0 Å². The second-order valence-electron chi connectivity index (χ2n) is 7.78. The number of Topliss-reactive ketones (excluding diaryl/α,β-unsaturated/α-hetero) is 1. The average Bonchev–Trinajstić information content (AvgIpc) is 2.78. The van der Waals surface area contributed by atoms with Gasteiger partial charge in [0.1, 0.15) is 11.9 Å². The van der Waals surface area contributed by atoms with E-state index in [1.807, 2.05) is 6.08 Å². The number of aliphatic imine (C=N–C) groups is 1. The molecule has 0 fully saturated rings. The second-order valence-corrected chi connectivity index (χ2v) is 7.78. The highest BCUT2D eigenvalue weighted by Crippen LogP contribution is 2.33. The molecule has 2 atom stereocenters. The summed E-state index contributed by atoms with van der Waals surface area (Å²) < 4.78 is 31.0. The SMILES string of the molecule is CNC(=O)C1C=CC(=C2C=CNCC2)C(F)N1Cc1ccc2c(c1F)CC(=O)C(C)=N2. The summed E-state index contributed by atoms with van der Waals surface area (Å²) in [7, 11) is 1.48. The molecule has 6 nitrogen and oxygen atoms in total. The molecule has 0 spiro atoms. The summed E-state index contributed by atoms with van der Waals surface area (Å²) in [5.41, 5.74) is 2.50. The molecule has 2 unspecified atom stereocenters. The zero-order valence-electron chi connectivity index (χ0n) is 17.4. The van der Waals surface area contributed by atoms with Crippen LogP contribution < -0.4 is 10.6 Å². The standard InChI is InChI=1S/C23H24F2N4O2/c1-13-20(30)11-17-18(28-13)5-3-15(21(17)24)12-29-19(23(31)26-2)6-4-16(22(29)25)14-7-9-27-10-8-14/h3-7,9,19,22,27H,8,10-12H2,1-2H3,(H,26,31). The quantitative estimate of drug-likeness (QED) is 0.729. The molecule has 0 saturated carbocycles. The lowest BCUT2D eigenvalue weighted by molar-refractivity contribution is -0.126. The Morgan fingerprint density at radius 1 is 1.35 bits per heavy atom. The molecule has 0 aromatic heterocycles. The van der Waals surface area contributed by atoms with Gasteiger partial charge in [0, 0.05) is 43.3 Å². The Bertz CT molecular complexity index is 1060. The number of alkyl halides is 1. The molecular formula is C23H24F2N4O2. The number of halogens is 2. The van der Waals surface area contributed by atoms with Crippen molar-refractivity contribution in [3.8, 4) is 0 Å². The zero-order valence-corrected chi connectivity index (χ0v) is 17.4. The predicted molar refractivity (Wildman–Crippen MR) is 114 cm³/mol. The van der Waals surface area contributed by atoms with Crippen LogP contribution in [0.4, 0.5) is 14.5 Å². The van der Waals surface area contributed by atoms with E-state index in [2.05, 4.69) is 15.6 Å². The number of hydrogen-bond donors (Lipinski definition) is 2. The largest absolute Gasteiger partial charge is 0.391 e. The number of nitrogens with zero attached hydrogens (tertiary/aromatic N) is 2. The normalized spacial score (nSPS) is 25.7. The van der Waals surface area contributed by atoms with E-state index >= 15 is 8.78 Å². The van der Waals surface area contributed by atoms with Crippen LogP contribution in [0.1, 0.15) is 24.5 Å². The summed E-state index contributed by atoms with van der Waals surface area (Å²) >= 11 is 0. The molecule has 1 amide bonds. The van der Waals surface area contributed by atoms with Crippen molar-refractivity contribution in [2.45, 2.75) is 38.6 Å². The maximum absolute atomic E-state index is 15.7. The molecule has 31 heavy (non-hydrogen) atoms. The molecule has 0 aliphatic carbocycles. The number of likely N-dealkylation sites (N-methyl/N-ethyl adjacent to an activating group) is 1. The molecule has 0 saturated heterocycles. The van der Waals surface area contributed by atoms with Crippen LogP contribution in [0.25, 0.3) is 0 Å². The Labute approximate surface area is 179 Å². The smallest absolute Gasteiger partial charge is 0.241 e. The number of nitrogens with one attached hydrogen (secondary N) is 2.